The molecular formula is C11H10O. The van der Waals surface area contributed by atoms with Gasteiger partial charge in [0, 0.05) is 0 Å². The number of aliphatic hydroxyl groups is 1. The fraction of sp³-hybridized carbons (Fsp3) is 0.0909. The van der Waals surface area contributed by atoms with Gasteiger partial charge in [0.05, 0.1) is 6.61 Å². The normalized spacial score (nSPS) is 10.4. The van der Waals surface area contributed by atoms with Gasteiger partial charge in [-0.05, 0) is 28.8 Å². The van der Waals surface area contributed by atoms with Crippen molar-refractivity contribution in [1.82, 2.24) is 0 Å². The summed E-state index contributed by atoms with van der Waals surface area (Å²) in [4.78, 5) is 0. The first-order valence-corrected chi connectivity index (χ1v) is 3.99. The Morgan fingerprint density at radius 3 is 2.00 bits per heavy atom. The fourth-order valence-corrected chi connectivity index (χ4v) is 1.37. The Bertz CT molecular complexity index is 323. The van der Waals surface area contributed by atoms with Gasteiger partial charge in [-0.1, -0.05) is 30.3 Å². The van der Waals surface area contributed by atoms with E-state index in [9.17, 15) is 0 Å². The Morgan fingerprint density at radius 1 is 0.917 bits per heavy atom. The van der Waals surface area contributed by atoms with Crippen LogP contribution in [0.25, 0.3) is 11.1 Å². The van der Waals surface area contributed by atoms with Gasteiger partial charge in [0.2, 0.25) is 0 Å². The van der Waals surface area contributed by atoms with Crippen LogP contribution < -0.4 is 0 Å². The van der Waals surface area contributed by atoms with Crippen LogP contribution in [0.5, 0.6) is 0 Å². The highest BCUT2D eigenvalue weighted by atomic mass is 16.3. The topological polar surface area (TPSA) is 20.2 Å². The Morgan fingerprint density at radius 2 is 1.50 bits per heavy atom. The van der Waals surface area contributed by atoms with Crippen LogP contribution in [0.2, 0.25) is 0 Å². The third-order valence-electron chi connectivity index (χ3n) is 1.97. The molecule has 0 aromatic carbocycles. The molecule has 0 aliphatic heterocycles. The van der Waals surface area contributed by atoms with Crippen molar-refractivity contribution in [3.8, 4) is 11.1 Å². The Labute approximate surface area is 71.6 Å². The van der Waals surface area contributed by atoms with E-state index in [4.69, 9.17) is 5.11 Å². The molecular weight excluding hydrogens is 148 g/mol. The molecule has 12 heavy (non-hydrogen) atoms. The minimum absolute atomic E-state index is 0.123. The van der Waals surface area contributed by atoms with Gasteiger partial charge in [-0.25, -0.2) is 0 Å². The minimum Gasteiger partial charge on any atom is -0.392 e. The monoisotopic (exact) mass is 158 g/mol. The van der Waals surface area contributed by atoms with Gasteiger partial charge >= 0.3 is 0 Å². The lowest BCUT2D eigenvalue weighted by Crippen LogP contribution is -1.72. The summed E-state index contributed by atoms with van der Waals surface area (Å²) in [6, 6.07) is 14.1. The molecule has 0 atom stereocenters. The van der Waals surface area contributed by atoms with Crippen LogP contribution in [0.1, 0.15) is 5.56 Å². The lowest BCUT2D eigenvalue weighted by molar-refractivity contribution is 0.282. The average molecular weight is 158 g/mol. The quantitative estimate of drug-likeness (QED) is 0.675. The summed E-state index contributed by atoms with van der Waals surface area (Å²) < 4.78 is 0. The van der Waals surface area contributed by atoms with Gasteiger partial charge < -0.3 is 5.11 Å². The summed E-state index contributed by atoms with van der Waals surface area (Å²) in [6.07, 6.45) is 0. The molecule has 0 fully saturated rings. The predicted octanol–water partition coefficient (Wildman–Crippen LogP) is 2.28. The molecule has 2 aliphatic carbocycles. The Hall–Kier alpha value is -1.34. The van der Waals surface area contributed by atoms with Crippen molar-refractivity contribution in [3.63, 3.8) is 0 Å². The molecule has 0 unspecified atom stereocenters. The molecule has 0 bridgehead atoms. The molecule has 0 heterocycles. The van der Waals surface area contributed by atoms with Crippen molar-refractivity contribution in [3.05, 3.63) is 48.0 Å². The summed E-state index contributed by atoms with van der Waals surface area (Å²) in [5, 5.41) is 8.90. The van der Waals surface area contributed by atoms with E-state index in [1.165, 1.54) is 11.1 Å². The first kappa shape index (κ1) is 7.32. The molecule has 0 aromatic rings. The molecule has 2 aliphatic rings. The van der Waals surface area contributed by atoms with Gasteiger partial charge in [-0.2, -0.15) is 0 Å². The van der Waals surface area contributed by atoms with E-state index >= 15 is 0 Å². The summed E-state index contributed by atoms with van der Waals surface area (Å²) in [7, 11) is 0. The van der Waals surface area contributed by atoms with Crippen molar-refractivity contribution in [2.45, 2.75) is 6.61 Å². The van der Waals surface area contributed by atoms with E-state index in [2.05, 4.69) is 12.1 Å². The smallest absolute Gasteiger partial charge is 0.0682 e. The van der Waals surface area contributed by atoms with Crippen LogP contribution in [0.4, 0.5) is 0 Å². The van der Waals surface area contributed by atoms with Crippen LogP contribution >= 0.6 is 0 Å². The largest absolute Gasteiger partial charge is 0.392 e. The second-order valence-electron chi connectivity index (χ2n) is 2.84. The van der Waals surface area contributed by atoms with Crippen LogP contribution in [0.15, 0.2) is 42.5 Å². The first-order valence-electron chi connectivity index (χ1n) is 3.99. The lowest BCUT2D eigenvalue weighted by Gasteiger charge is -1.85. The molecule has 0 saturated heterocycles. The molecule has 0 saturated carbocycles. The van der Waals surface area contributed by atoms with Crippen molar-refractivity contribution in [2.24, 2.45) is 0 Å². The highest BCUT2D eigenvalue weighted by Crippen LogP contribution is 2.24. The van der Waals surface area contributed by atoms with E-state index in [0.29, 0.717) is 0 Å². The average Bonchev–Trinajstić information content (AvgIpc) is 2.37. The number of rotatable bonds is 1. The van der Waals surface area contributed by atoms with Gasteiger partial charge in [0.1, 0.15) is 0 Å². The van der Waals surface area contributed by atoms with E-state index in [-0.39, 0.29) is 6.61 Å². The second kappa shape index (κ2) is 2.95. The summed E-state index contributed by atoms with van der Waals surface area (Å²) in [5.41, 5.74) is 3.35. The van der Waals surface area contributed by atoms with Crippen LogP contribution in [-0.4, -0.2) is 5.11 Å². The molecule has 0 spiro atoms. The van der Waals surface area contributed by atoms with Crippen molar-refractivity contribution in [2.75, 3.05) is 0 Å². The second-order valence-corrected chi connectivity index (χ2v) is 2.84. The number of fused-ring (bicyclic) bond motifs is 1. The van der Waals surface area contributed by atoms with Crippen molar-refractivity contribution in [1.29, 1.82) is 0 Å². The molecule has 0 amide bonds. The third kappa shape index (κ3) is 1.19. The van der Waals surface area contributed by atoms with E-state index in [1.54, 1.807) is 0 Å². The highest BCUT2D eigenvalue weighted by molar-refractivity contribution is 5.67. The molecule has 1 nitrogen and oxygen atoms in total. The standard InChI is InChI=1S/C11H10O/c12-8-9-6-10-4-2-1-3-5-11(10)7-9/h1-7,12H,8H2. The Balaban J connectivity index is 2.61. The first-order chi connectivity index (χ1) is 5.90. The summed E-state index contributed by atoms with van der Waals surface area (Å²) >= 11 is 0. The van der Waals surface area contributed by atoms with Crippen molar-refractivity contribution < 1.29 is 5.11 Å². The van der Waals surface area contributed by atoms with Crippen LogP contribution in [-0.2, 0) is 6.61 Å². The van der Waals surface area contributed by atoms with Crippen LogP contribution in [0, 0.1) is 0 Å². The molecule has 1 heteroatoms. The summed E-state index contributed by atoms with van der Waals surface area (Å²) in [6.45, 7) is 0.123. The highest BCUT2D eigenvalue weighted by Gasteiger charge is 2.02. The van der Waals surface area contributed by atoms with Gasteiger partial charge in [0.15, 0.2) is 0 Å². The molecule has 0 radical (unpaired) electrons. The molecule has 1 N–H and O–H groups in total. The van der Waals surface area contributed by atoms with E-state index < -0.39 is 0 Å². The predicted molar refractivity (Wildman–Crippen MR) is 49.0 cm³/mol. The van der Waals surface area contributed by atoms with Gasteiger partial charge in [-0.15, -0.1) is 0 Å². The third-order valence-corrected chi connectivity index (χ3v) is 1.97. The van der Waals surface area contributed by atoms with Crippen molar-refractivity contribution >= 4 is 0 Å². The Kier molecular flexibility index (Phi) is 1.80. The molecule has 60 valence electrons. The lowest BCUT2D eigenvalue weighted by atomic mass is 10.2. The van der Waals surface area contributed by atoms with Gasteiger partial charge in [0.25, 0.3) is 0 Å². The number of aliphatic hydroxyl groups excluding tert-OH is 1. The maximum absolute atomic E-state index is 8.90. The SMILES string of the molecule is OCc1cc2cccccc-2c1. The zero-order valence-corrected chi connectivity index (χ0v) is 6.70. The number of hydrogen-bond donors (Lipinski definition) is 1. The zero-order valence-electron chi connectivity index (χ0n) is 6.70. The zero-order chi connectivity index (χ0) is 8.39. The fourth-order valence-electron chi connectivity index (χ4n) is 1.37. The molecule has 0 aromatic heterocycles. The maximum atomic E-state index is 8.90. The van der Waals surface area contributed by atoms with E-state index in [0.717, 1.165) is 5.56 Å². The van der Waals surface area contributed by atoms with E-state index in [1.807, 2.05) is 30.3 Å². The summed E-state index contributed by atoms with van der Waals surface area (Å²) in [5.74, 6) is 0. The van der Waals surface area contributed by atoms with Gasteiger partial charge in [-0.3, -0.25) is 0 Å². The van der Waals surface area contributed by atoms with Crippen LogP contribution in [0.3, 0.4) is 0 Å². The molecule has 2 rings (SSSR count). The minimum atomic E-state index is 0.123. The maximum Gasteiger partial charge on any atom is 0.0682 e. The number of hydrogen-bond acceptors (Lipinski definition) is 1.